The maximum Gasteiger partial charge on any atom is 0.326 e. The van der Waals surface area contributed by atoms with E-state index in [1.54, 1.807) is 11.0 Å². The number of hydrogen-bond donors (Lipinski definition) is 2. The number of carbonyl (C=O) groups is 2. The van der Waals surface area contributed by atoms with Crippen molar-refractivity contribution in [1.29, 1.82) is 0 Å². The van der Waals surface area contributed by atoms with Gasteiger partial charge >= 0.3 is 5.97 Å². The molecular weight excluding hydrogens is 308 g/mol. The first-order valence-electron chi connectivity index (χ1n) is 8.33. The Bertz CT molecular complexity index is 709. The van der Waals surface area contributed by atoms with Crippen LogP contribution in [0.5, 0.6) is 0 Å². The van der Waals surface area contributed by atoms with Crippen molar-refractivity contribution in [3.05, 3.63) is 41.5 Å². The summed E-state index contributed by atoms with van der Waals surface area (Å²) in [7, 11) is 0. The molecule has 1 aromatic rings. The molecule has 0 aromatic heterocycles. The fourth-order valence-corrected chi connectivity index (χ4v) is 3.98. The van der Waals surface area contributed by atoms with E-state index in [1.165, 1.54) is 0 Å². The highest BCUT2D eigenvalue weighted by atomic mass is 16.5. The maximum atomic E-state index is 12.9. The number of benzene rings is 1. The Hall–Kier alpha value is -2.34. The summed E-state index contributed by atoms with van der Waals surface area (Å²) in [5, 5.41) is 12.7. The summed E-state index contributed by atoms with van der Waals surface area (Å²) in [5.74, 6) is -0.872. The number of nitrogens with zero attached hydrogens (tertiary/aromatic N) is 1. The molecule has 0 saturated carbocycles. The SMILES string of the molecule is O=C(O)[C@@H]1Nc2c(C(=O)N3CCOCC3)cccc2[C@H]2C=CC[C@@H]21. The van der Waals surface area contributed by atoms with Gasteiger partial charge in [0.15, 0.2) is 0 Å². The number of rotatable bonds is 2. The van der Waals surface area contributed by atoms with Crippen LogP contribution < -0.4 is 5.32 Å². The number of morpholine rings is 1. The lowest BCUT2D eigenvalue weighted by Crippen LogP contribution is -2.44. The number of carboxylic acid groups (broad SMARTS) is 1. The number of hydrogen-bond acceptors (Lipinski definition) is 4. The normalized spacial score (nSPS) is 28.0. The molecule has 0 bridgehead atoms. The largest absolute Gasteiger partial charge is 0.480 e. The summed E-state index contributed by atoms with van der Waals surface area (Å²) in [6, 6.07) is 4.99. The summed E-state index contributed by atoms with van der Waals surface area (Å²) in [5.41, 5.74) is 2.25. The fourth-order valence-electron chi connectivity index (χ4n) is 3.98. The zero-order valence-electron chi connectivity index (χ0n) is 13.3. The van der Waals surface area contributed by atoms with Gasteiger partial charge in [-0.25, -0.2) is 4.79 Å². The van der Waals surface area contributed by atoms with Crippen LogP contribution in [0, 0.1) is 5.92 Å². The van der Waals surface area contributed by atoms with Crippen molar-refractivity contribution in [2.45, 2.75) is 18.4 Å². The van der Waals surface area contributed by atoms with Crippen LogP contribution in [0.4, 0.5) is 5.69 Å². The van der Waals surface area contributed by atoms with Crippen molar-refractivity contribution in [2.24, 2.45) is 5.92 Å². The summed E-state index contributed by atoms with van der Waals surface area (Å²) >= 11 is 0. The van der Waals surface area contributed by atoms with E-state index >= 15 is 0 Å². The Labute approximate surface area is 140 Å². The lowest BCUT2D eigenvalue weighted by molar-refractivity contribution is -0.139. The first-order chi connectivity index (χ1) is 11.7. The molecule has 1 saturated heterocycles. The van der Waals surface area contributed by atoms with E-state index in [4.69, 9.17) is 4.74 Å². The molecule has 126 valence electrons. The van der Waals surface area contributed by atoms with Gasteiger partial charge in [0.05, 0.1) is 24.5 Å². The average Bonchev–Trinajstić information content (AvgIpc) is 3.10. The molecule has 3 aliphatic rings. The van der Waals surface area contributed by atoms with Crippen LogP contribution >= 0.6 is 0 Å². The Morgan fingerprint density at radius 3 is 2.79 bits per heavy atom. The summed E-state index contributed by atoms with van der Waals surface area (Å²) in [4.78, 5) is 26.4. The average molecular weight is 328 g/mol. The Morgan fingerprint density at radius 1 is 1.25 bits per heavy atom. The lowest BCUT2D eigenvalue weighted by Gasteiger charge is -2.36. The Balaban J connectivity index is 1.73. The van der Waals surface area contributed by atoms with Crippen LogP contribution in [0.15, 0.2) is 30.4 Å². The zero-order valence-corrected chi connectivity index (χ0v) is 13.3. The standard InChI is InChI=1S/C18H20N2O4/c21-17(20-7-9-24-10-8-20)14-6-2-4-12-11-3-1-5-13(11)16(18(22)23)19-15(12)14/h1-4,6,11,13,16,19H,5,7-10H2,(H,22,23)/t11-,13+,16-/m1/s1. The van der Waals surface area contributed by atoms with Crippen molar-refractivity contribution in [3.8, 4) is 0 Å². The zero-order chi connectivity index (χ0) is 16.7. The van der Waals surface area contributed by atoms with Gasteiger partial charge in [0.25, 0.3) is 5.91 Å². The molecule has 0 spiro atoms. The first kappa shape index (κ1) is 15.2. The number of anilines is 1. The van der Waals surface area contributed by atoms with Crippen molar-refractivity contribution in [1.82, 2.24) is 4.90 Å². The third-order valence-corrected chi connectivity index (χ3v) is 5.19. The number of para-hydroxylation sites is 1. The van der Waals surface area contributed by atoms with Crippen LogP contribution in [-0.2, 0) is 9.53 Å². The molecule has 4 rings (SSSR count). The van der Waals surface area contributed by atoms with Crippen molar-refractivity contribution in [3.63, 3.8) is 0 Å². The molecule has 1 amide bonds. The summed E-state index contributed by atoms with van der Waals surface area (Å²) < 4.78 is 5.31. The van der Waals surface area contributed by atoms with Crippen molar-refractivity contribution >= 4 is 17.6 Å². The number of fused-ring (bicyclic) bond motifs is 3. The van der Waals surface area contributed by atoms with Gasteiger partial charge in [-0.1, -0.05) is 24.3 Å². The number of amides is 1. The second-order valence-corrected chi connectivity index (χ2v) is 6.49. The number of allylic oxidation sites excluding steroid dienone is 2. The van der Waals surface area contributed by atoms with Gasteiger partial charge in [-0.3, -0.25) is 4.79 Å². The molecule has 2 heterocycles. The monoisotopic (exact) mass is 328 g/mol. The van der Waals surface area contributed by atoms with Crippen LogP contribution in [0.3, 0.4) is 0 Å². The second kappa shape index (κ2) is 5.94. The van der Waals surface area contributed by atoms with Gasteiger partial charge in [-0.05, 0) is 18.1 Å². The van der Waals surface area contributed by atoms with E-state index in [1.807, 2.05) is 18.2 Å². The van der Waals surface area contributed by atoms with E-state index in [9.17, 15) is 14.7 Å². The number of aliphatic carboxylic acids is 1. The minimum atomic E-state index is -0.868. The highest BCUT2D eigenvalue weighted by Gasteiger charge is 2.42. The van der Waals surface area contributed by atoms with Gasteiger partial charge in [-0.2, -0.15) is 0 Å². The molecule has 0 unspecified atom stereocenters. The summed E-state index contributed by atoms with van der Waals surface area (Å²) in [6.45, 7) is 2.21. The van der Waals surface area contributed by atoms with Crippen LogP contribution in [0.25, 0.3) is 0 Å². The Kier molecular flexibility index (Phi) is 3.76. The van der Waals surface area contributed by atoms with Crippen molar-refractivity contribution in [2.75, 3.05) is 31.6 Å². The van der Waals surface area contributed by atoms with Gasteiger partial charge < -0.3 is 20.1 Å². The highest BCUT2D eigenvalue weighted by molar-refractivity contribution is 6.01. The molecule has 0 radical (unpaired) electrons. The third kappa shape index (κ3) is 2.38. The van der Waals surface area contributed by atoms with E-state index in [0.717, 1.165) is 12.0 Å². The lowest BCUT2D eigenvalue weighted by atomic mass is 9.78. The van der Waals surface area contributed by atoms with Gasteiger partial charge in [-0.15, -0.1) is 0 Å². The number of ether oxygens (including phenoxy) is 1. The van der Waals surface area contributed by atoms with Crippen LogP contribution in [0.1, 0.15) is 28.3 Å². The first-order valence-corrected chi connectivity index (χ1v) is 8.33. The molecule has 2 aliphatic heterocycles. The van der Waals surface area contributed by atoms with Gasteiger partial charge in [0.2, 0.25) is 0 Å². The number of carboxylic acids is 1. The quantitative estimate of drug-likeness (QED) is 0.808. The van der Waals surface area contributed by atoms with E-state index in [-0.39, 0.29) is 17.7 Å². The van der Waals surface area contributed by atoms with Crippen LogP contribution in [-0.4, -0.2) is 54.2 Å². The van der Waals surface area contributed by atoms with E-state index < -0.39 is 12.0 Å². The molecule has 6 nitrogen and oxygen atoms in total. The molecule has 3 atom stereocenters. The molecule has 1 aromatic carbocycles. The smallest absolute Gasteiger partial charge is 0.326 e. The van der Waals surface area contributed by atoms with E-state index in [0.29, 0.717) is 37.6 Å². The predicted molar refractivity (Wildman–Crippen MR) is 88.2 cm³/mol. The number of nitrogens with one attached hydrogen (secondary N) is 1. The van der Waals surface area contributed by atoms with Crippen molar-refractivity contribution < 1.29 is 19.4 Å². The predicted octanol–water partition coefficient (Wildman–Crippen LogP) is 1.70. The summed E-state index contributed by atoms with van der Waals surface area (Å²) in [6.07, 6.45) is 4.86. The third-order valence-electron chi connectivity index (χ3n) is 5.19. The molecule has 2 N–H and O–H groups in total. The molecule has 1 fully saturated rings. The maximum absolute atomic E-state index is 12.9. The minimum absolute atomic E-state index is 0.00346. The van der Waals surface area contributed by atoms with Crippen LogP contribution in [0.2, 0.25) is 0 Å². The number of carbonyl (C=O) groups excluding carboxylic acids is 1. The topological polar surface area (TPSA) is 78.9 Å². The molecular formula is C18H20N2O4. The van der Waals surface area contributed by atoms with Gasteiger partial charge in [0, 0.05) is 24.9 Å². The molecule has 1 aliphatic carbocycles. The Morgan fingerprint density at radius 2 is 2.04 bits per heavy atom. The van der Waals surface area contributed by atoms with Gasteiger partial charge in [0.1, 0.15) is 6.04 Å². The second-order valence-electron chi connectivity index (χ2n) is 6.49. The van der Waals surface area contributed by atoms with E-state index in [2.05, 4.69) is 11.4 Å². The highest BCUT2D eigenvalue weighted by Crippen LogP contribution is 2.45. The fraction of sp³-hybridized carbons (Fsp3) is 0.444. The molecule has 6 heteroatoms. The molecule has 24 heavy (non-hydrogen) atoms. The minimum Gasteiger partial charge on any atom is -0.480 e.